The summed E-state index contributed by atoms with van der Waals surface area (Å²) in [5, 5.41) is 66.6. The zero-order valence-electron chi connectivity index (χ0n) is 30.4. The Morgan fingerprint density at radius 2 is 1.76 bits per heavy atom. The van der Waals surface area contributed by atoms with Crippen LogP contribution in [-0.4, -0.2) is 119 Å². The van der Waals surface area contributed by atoms with Crippen molar-refractivity contribution in [3.63, 3.8) is 0 Å². The first-order valence-corrected chi connectivity index (χ1v) is 19.1. The number of aliphatic hydroxyl groups excluding tert-OH is 5. The number of rotatable bonds is 11. The average Bonchev–Trinajstić information content (AvgIpc) is 3.24. The van der Waals surface area contributed by atoms with E-state index < -0.39 is 93.6 Å². The quantitative estimate of drug-likeness (QED) is 0.0611. The predicted molar refractivity (Wildman–Crippen MR) is 175 cm³/mol. The van der Waals surface area contributed by atoms with Crippen LogP contribution in [0.4, 0.5) is 0 Å². The average molecular weight is 741 g/mol. The molecule has 15 heteroatoms. The summed E-state index contributed by atoms with van der Waals surface area (Å²) in [5.74, 6) is -2.21. The molecule has 50 heavy (non-hydrogen) atoms. The number of methoxy groups -OCH3 is 1. The maximum Gasteiger partial charge on any atom is 1.00 e. The van der Waals surface area contributed by atoms with E-state index >= 15 is 0 Å². The Labute approximate surface area is 318 Å². The molecular weight excluding hydrogens is 683 g/mol. The zero-order valence-corrected chi connectivity index (χ0v) is 33.2. The van der Waals surface area contributed by atoms with E-state index in [9.17, 15) is 43.6 Å². The van der Waals surface area contributed by atoms with E-state index in [1.54, 1.807) is 0 Å². The van der Waals surface area contributed by atoms with Crippen LogP contribution in [0.15, 0.2) is 23.8 Å². The van der Waals surface area contributed by atoms with Gasteiger partial charge in [0.15, 0.2) is 6.29 Å². The summed E-state index contributed by atoms with van der Waals surface area (Å²) in [6.07, 6.45) is -0.310. The van der Waals surface area contributed by atoms with Crippen LogP contribution in [0.3, 0.4) is 0 Å². The van der Waals surface area contributed by atoms with Gasteiger partial charge in [0.25, 0.3) is 0 Å². The largest absolute Gasteiger partial charge is 1.00 e. The van der Waals surface area contributed by atoms with Crippen molar-refractivity contribution in [2.75, 3.05) is 20.3 Å². The van der Waals surface area contributed by atoms with Gasteiger partial charge in [-0.1, -0.05) is 52.8 Å². The molecule has 1 heterocycles. The third-order valence-electron chi connectivity index (χ3n) is 13.2. The van der Waals surface area contributed by atoms with Gasteiger partial charge in [0.05, 0.1) is 30.5 Å². The number of fused-ring (bicyclic) bond motifs is 5. The fourth-order valence-corrected chi connectivity index (χ4v) is 11.3. The summed E-state index contributed by atoms with van der Waals surface area (Å²) in [6.45, 7) is 9.70. The molecule has 5 rings (SSSR count). The minimum absolute atomic E-state index is 0. The van der Waals surface area contributed by atoms with Crippen LogP contribution in [0.2, 0.25) is 0 Å². The molecule has 6 unspecified atom stereocenters. The summed E-state index contributed by atoms with van der Waals surface area (Å²) in [7, 11) is -3.89. The Hall–Kier alpha value is -0.0100. The van der Waals surface area contributed by atoms with Crippen molar-refractivity contribution in [1.82, 2.24) is 0 Å². The van der Waals surface area contributed by atoms with Gasteiger partial charge in [-0.3, -0.25) is 4.18 Å². The molecule has 6 N–H and O–H groups in total. The number of ether oxygens (including phenoxy) is 3. The predicted octanol–water partition coefficient (Wildman–Crippen LogP) is -1.59. The van der Waals surface area contributed by atoms with Crippen molar-refractivity contribution in [3.05, 3.63) is 23.8 Å². The number of hydrogen-bond acceptors (Lipinski definition) is 13. The summed E-state index contributed by atoms with van der Waals surface area (Å²) >= 11 is 0. The van der Waals surface area contributed by atoms with Gasteiger partial charge in [-0.05, 0) is 78.1 Å². The molecule has 282 valence electrons. The van der Waals surface area contributed by atoms with Gasteiger partial charge in [0, 0.05) is 26.1 Å². The molecule has 0 spiro atoms. The second-order valence-corrected chi connectivity index (χ2v) is 17.0. The fourth-order valence-electron chi connectivity index (χ4n) is 10.8. The molecule has 3 saturated carbocycles. The molecule has 0 radical (unpaired) electrons. The first-order chi connectivity index (χ1) is 22.9. The Balaban J connectivity index is 0.00000562. The Morgan fingerprint density at radius 1 is 1.08 bits per heavy atom. The molecule has 0 bridgehead atoms. The van der Waals surface area contributed by atoms with Crippen LogP contribution in [-0.2, 0) is 28.8 Å². The van der Waals surface area contributed by atoms with Crippen molar-refractivity contribution < 1.29 is 91.6 Å². The van der Waals surface area contributed by atoms with E-state index in [-0.39, 0.29) is 66.9 Å². The van der Waals surface area contributed by atoms with Crippen LogP contribution in [0.25, 0.3) is 0 Å². The topological polar surface area (TPSA) is 215 Å². The summed E-state index contributed by atoms with van der Waals surface area (Å²) in [6, 6.07) is 0. The van der Waals surface area contributed by atoms with E-state index in [1.165, 1.54) is 7.11 Å². The summed E-state index contributed by atoms with van der Waals surface area (Å²) in [5.41, 5.74) is -2.60. The molecule has 4 fully saturated rings. The minimum atomic E-state index is -5.28. The van der Waals surface area contributed by atoms with E-state index in [2.05, 4.69) is 0 Å². The molecule has 5 aliphatic rings. The maximum atomic E-state index is 12.9. The molecule has 0 aromatic heterocycles. The van der Waals surface area contributed by atoms with E-state index in [1.807, 2.05) is 52.8 Å². The van der Waals surface area contributed by atoms with E-state index in [4.69, 9.17) is 18.4 Å². The normalized spacial score (nSPS) is 46.6. The van der Waals surface area contributed by atoms with Crippen LogP contribution in [0, 0.1) is 46.3 Å². The standard InChI is InChI=1S/C35H58O13S.Na/c1-7-20(19(3)16-36)9-8-18(2)26-28(40)29(48-49(42,43)44)31-34(26,5)13-11-25-33(4)12-10-21(14-22(33)23(37)15-35(25,31)41)47-32-30(45-6)27(39)24(38)17-46-32;/h8-9,14,18-21,23-32,36-41H,7,10-13,15-17H2,1-6H3,(H,42,43,44);/q;+1/p-1/b9-8+;/t18-,19-,20-,21+,23-,24?,25?,26+,27?,28-,29+,30?,31?,32?,33+,34-,35+;/m1./s1. The van der Waals surface area contributed by atoms with Crippen LogP contribution in [0.5, 0.6) is 0 Å². The first-order valence-electron chi connectivity index (χ1n) is 17.8. The van der Waals surface area contributed by atoms with Crippen molar-refractivity contribution >= 4 is 10.4 Å². The summed E-state index contributed by atoms with van der Waals surface area (Å²) in [4.78, 5) is 0. The van der Waals surface area contributed by atoms with Crippen LogP contribution >= 0.6 is 0 Å². The van der Waals surface area contributed by atoms with Crippen molar-refractivity contribution in [3.8, 4) is 0 Å². The Morgan fingerprint density at radius 3 is 2.36 bits per heavy atom. The van der Waals surface area contributed by atoms with Gasteiger partial charge < -0.3 is 49.4 Å². The third-order valence-corrected chi connectivity index (χ3v) is 13.7. The monoisotopic (exact) mass is 740 g/mol. The van der Waals surface area contributed by atoms with Crippen molar-refractivity contribution in [2.45, 2.75) is 128 Å². The van der Waals surface area contributed by atoms with Gasteiger partial charge in [-0.25, -0.2) is 8.42 Å². The minimum Gasteiger partial charge on any atom is -0.726 e. The second-order valence-electron chi connectivity index (χ2n) is 16.0. The number of aliphatic hydroxyl groups is 6. The summed E-state index contributed by atoms with van der Waals surface area (Å²) < 4.78 is 58.7. The Bertz CT molecular complexity index is 1350. The number of allylic oxidation sites excluding steroid dienone is 2. The van der Waals surface area contributed by atoms with Crippen LogP contribution in [0.1, 0.15) is 73.1 Å². The molecule has 1 saturated heterocycles. The van der Waals surface area contributed by atoms with Crippen molar-refractivity contribution in [1.29, 1.82) is 0 Å². The zero-order chi connectivity index (χ0) is 36.3. The van der Waals surface area contributed by atoms with Gasteiger partial charge in [-0.2, -0.15) is 0 Å². The molecule has 4 aliphatic carbocycles. The molecule has 17 atom stereocenters. The fraction of sp³-hybridized carbons (Fsp3) is 0.886. The molecule has 0 amide bonds. The smallest absolute Gasteiger partial charge is 0.726 e. The van der Waals surface area contributed by atoms with E-state index in [0.29, 0.717) is 31.3 Å². The van der Waals surface area contributed by atoms with E-state index in [0.717, 1.165) is 6.42 Å². The van der Waals surface area contributed by atoms with Gasteiger partial charge in [-0.15, -0.1) is 0 Å². The van der Waals surface area contributed by atoms with Gasteiger partial charge in [0.2, 0.25) is 10.4 Å². The molecule has 0 aromatic rings. The maximum absolute atomic E-state index is 12.9. The molecular formula is C35H57NaO13S. The second kappa shape index (κ2) is 16.0. The SMILES string of the molecule is CC[C@H](/C=C/[C@@H](C)[C@H]1[C@@H](O)[C@H](OS(=O)(=O)[O-])C2[C@]3(O)C[C@@H](O)C4=C[C@@H](OC5OCC(O)C(O)C5OC)CC[C@]4(C)C3CC[C@@]21C)[C@H](C)CO.[Na+]. The van der Waals surface area contributed by atoms with Crippen molar-refractivity contribution in [2.24, 2.45) is 46.3 Å². The van der Waals surface area contributed by atoms with Gasteiger partial charge in [0.1, 0.15) is 24.4 Å². The molecule has 0 aromatic carbocycles. The van der Waals surface area contributed by atoms with Gasteiger partial charge >= 0.3 is 29.6 Å². The Kier molecular flexibility index (Phi) is 13.7. The van der Waals surface area contributed by atoms with Crippen LogP contribution < -0.4 is 29.6 Å². The third kappa shape index (κ3) is 7.61. The molecule has 1 aliphatic heterocycles. The first kappa shape index (κ1) is 42.7. The number of hydrogen-bond donors (Lipinski definition) is 6. The molecule has 13 nitrogen and oxygen atoms in total.